The second kappa shape index (κ2) is 9.27. The highest BCUT2D eigenvalue weighted by Gasteiger charge is 2.28. The molecule has 0 aliphatic rings. The standard InChI is InChI=1S/C28H25N5O/c1-3-33-27-23(19-30-33)22(18-25(31-27)20-12-6-4-7-13-20)28(34)32(2)26(21-14-8-5-9-15-21)24-16-10-11-17-29-24/h4-19,26H,3H2,1-2H3. The Balaban J connectivity index is 1.65. The van der Waals surface area contributed by atoms with E-state index < -0.39 is 0 Å². The molecule has 0 spiro atoms. The van der Waals surface area contributed by atoms with Gasteiger partial charge in [0, 0.05) is 25.4 Å². The molecular weight excluding hydrogens is 422 g/mol. The molecule has 6 nitrogen and oxygen atoms in total. The van der Waals surface area contributed by atoms with Gasteiger partial charge in [-0.15, -0.1) is 0 Å². The number of pyridine rings is 2. The number of carbonyl (C=O) groups is 1. The van der Waals surface area contributed by atoms with E-state index in [0.717, 1.165) is 27.9 Å². The number of fused-ring (bicyclic) bond motifs is 1. The van der Waals surface area contributed by atoms with Crippen molar-refractivity contribution in [3.63, 3.8) is 0 Å². The predicted molar refractivity (Wildman–Crippen MR) is 133 cm³/mol. The zero-order valence-corrected chi connectivity index (χ0v) is 19.2. The van der Waals surface area contributed by atoms with Gasteiger partial charge in [0.2, 0.25) is 0 Å². The van der Waals surface area contributed by atoms with Gasteiger partial charge in [0.25, 0.3) is 5.91 Å². The lowest BCUT2D eigenvalue weighted by molar-refractivity contribution is 0.0754. The number of hydrogen-bond donors (Lipinski definition) is 0. The lowest BCUT2D eigenvalue weighted by atomic mass is 10.00. The van der Waals surface area contributed by atoms with E-state index in [0.29, 0.717) is 17.8 Å². The largest absolute Gasteiger partial charge is 0.329 e. The fourth-order valence-corrected chi connectivity index (χ4v) is 4.29. The van der Waals surface area contributed by atoms with Gasteiger partial charge in [0.15, 0.2) is 5.65 Å². The van der Waals surface area contributed by atoms with Crippen molar-refractivity contribution in [3.8, 4) is 11.3 Å². The van der Waals surface area contributed by atoms with Crippen LogP contribution in [0.4, 0.5) is 0 Å². The van der Waals surface area contributed by atoms with Crippen LogP contribution in [-0.4, -0.2) is 37.6 Å². The van der Waals surface area contributed by atoms with Gasteiger partial charge in [-0.25, -0.2) is 9.67 Å². The first-order valence-corrected chi connectivity index (χ1v) is 11.3. The zero-order chi connectivity index (χ0) is 23.5. The summed E-state index contributed by atoms with van der Waals surface area (Å²) in [5.41, 5.74) is 4.78. The molecule has 5 aromatic rings. The van der Waals surface area contributed by atoms with E-state index in [9.17, 15) is 4.79 Å². The fraction of sp³-hybridized carbons (Fsp3) is 0.143. The maximum absolute atomic E-state index is 14.1. The van der Waals surface area contributed by atoms with Gasteiger partial charge < -0.3 is 4.90 Å². The van der Waals surface area contributed by atoms with E-state index in [1.54, 1.807) is 17.3 Å². The minimum Gasteiger partial charge on any atom is -0.329 e. The number of nitrogens with zero attached hydrogens (tertiary/aromatic N) is 5. The molecule has 2 aromatic carbocycles. The van der Waals surface area contributed by atoms with Gasteiger partial charge >= 0.3 is 0 Å². The Morgan fingerprint density at radius 1 is 0.971 bits per heavy atom. The van der Waals surface area contributed by atoms with E-state index in [2.05, 4.69) is 10.1 Å². The highest BCUT2D eigenvalue weighted by atomic mass is 16.2. The minimum atomic E-state index is -0.334. The topological polar surface area (TPSA) is 63.9 Å². The van der Waals surface area contributed by atoms with Crippen LogP contribution in [-0.2, 0) is 6.54 Å². The molecule has 1 atom stereocenters. The number of aromatic nitrogens is 4. The Morgan fingerprint density at radius 2 is 1.68 bits per heavy atom. The molecule has 0 fully saturated rings. The molecule has 6 heteroatoms. The number of rotatable bonds is 6. The molecule has 0 aliphatic carbocycles. The van der Waals surface area contributed by atoms with E-state index in [1.165, 1.54) is 0 Å². The Labute approximate surface area is 198 Å². The molecule has 0 saturated carbocycles. The molecule has 1 unspecified atom stereocenters. The van der Waals surface area contributed by atoms with Crippen LogP contribution in [0.25, 0.3) is 22.3 Å². The number of aryl methyl sites for hydroxylation is 1. The average Bonchev–Trinajstić information content (AvgIpc) is 3.33. The summed E-state index contributed by atoms with van der Waals surface area (Å²) in [4.78, 5) is 25.2. The van der Waals surface area contributed by atoms with Crippen LogP contribution in [0.15, 0.2) is 97.3 Å². The molecule has 0 radical (unpaired) electrons. The van der Waals surface area contributed by atoms with E-state index in [4.69, 9.17) is 4.98 Å². The van der Waals surface area contributed by atoms with Crippen LogP contribution in [0.5, 0.6) is 0 Å². The average molecular weight is 448 g/mol. The SMILES string of the molecule is CCn1ncc2c(C(=O)N(C)C(c3ccccc3)c3ccccn3)cc(-c3ccccc3)nc21. The predicted octanol–water partition coefficient (Wildman–Crippen LogP) is 5.37. The summed E-state index contributed by atoms with van der Waals surface area (Å²) < 4.78 is 1.83. The van der Waals surface area contributed by atoms with Crippen LogP contribution < -0.4 is 0 Å². The second-order valence-electron chi connectivity index (χ2n) is 8.10. The molecule has 3 heterocycles. The molecule has 34 heavy (non-hydrogen) atoms. The molecule has 168 valence electrons. The van der Waals surface area contributed by atoms with Crippen molar-refractivity contribution in [2.24, 2.45) is 0 Å². The van der Waals surface area contributed by atoms with Crippen LogP contribution in [0.1, 0.15) is 34.6 Å². The van der Waals surface area contributed by atoms with Crippen molar-refractivity contribution in [3.05, 3.63) is 114 Å². The number of carbonyl (C=O) groups excluding carboxylic acids is 1. The van der Waals surface area contributed by atoms with Crippen LogP contribution in [0.2, 0.25) is 0 Å². The van der Waals surface area contributed by atoms with Crippen molar-refractivity contribution in [1.82, 2.24) is 24.6 Å². The lowest BCUT2D eigenvalue weighted by Crippen LogP contribution is -2.32. The minimum absolute atomic E-state index is 0.111. The summed E-state index contributed by atoms with van der Waals surface area (Å²) in [5.74, 6) is -0.111. The first-order chi connectivity index (χ1) is 16.7. The van der Waals surface area contributed by atoms with Gasteiger partial charge in [-0.05, 0) is 30.7 Å². The lowest BCUT2D eigenvalue weighted by Gasteiger charge is -2.28. The third-order valence-corrected chi connectivity index (χ3v) is 6.00. The highest BCUT2D eigenvalue weighted by Crippen LogP contribution is 2.31. The third-order valence-electron chi connectivity index (χ3n) is 6.00. The molecule has 1 amide bonds. The van der Waals surface area contributed by atoms with E-state index in [-0.39, 0.29) is 11.9 Å². The number of hydrogen-bond acceptors (Lipinski definition) is 4. The summed E-state index contributed by atoms with van der Waals surface area (Å²) in [5, 5.41) is 5.23. The van der Waals surface area contributed by atoms with Crippen LogP contribution in [0.3, 0.4) is 0 Å². The van der Waals surface area contributed by atoms with Crippen LogP contribution in [0, 0.1) is 0 Å². The summed E-state index contributed by atoms with van der Waals surface area (Å²) in [6.07, 6.45) is 3.49. The summed E-state index contributed by atoms with van der Waals surface area (Å²) in [7, 11) is 1.83. The maximum atomic E-state index is 14.1. The van der Waals surface area contributed by atoms with Gasteiger partial charge in [-0.1, -0.05) is 66.7 Å². The van der Waals surface area contributed by atoms with Gasteiger partial charge in [-0.2, -0.15) is 5.10 Å². The number of benzene rings is 2. The quantitative estimate of drug-likeness (QED) is 0.351. The van der Waals surface area contributed by atoms with Gasteiger partial charge in [0.05, 0.1) is 34.6 Å². The summed E-state index contributed by atoms with van der Waals surface area (Å²) >= 11 is 0. The highest BCUT2D eigenvalue weighted by molar-refractivity contribution is 6.06. The summed E-state index contributed by atoms with van der Waals surface area (Å²) in [6, 6.07) is 27.2. The Kier molecular flexibility index (Phi) is 5.87. The van der Waals surface area contributed by atoms with Gasteiger partial charge in [0.1, 0.15) is 0 Å². The zero-order valence-electron chi connectivity index (χ0n) is 19.2. The van der Waals surface area contributed by atoms with Crippen molar-refractivity contribution in [1.29, 1.82) is 0 Å². The Morgan fingerprint density at radius 3 is 2.35 bits per heavy atom. The smallest absolute Gasteiger partial charge is 0.255 e. The number of amides is 1. The molecule has 0 aliphatic heterocycles. The van der Waals surface area contributed by atoms with E-state index >= 15 is 0 Å². The Bertz CT molecular complexity index is 1380. The molecule has 3 aromatic heterocycles. The molecule has 0 bridgehead atoms. The van der Waals surface area contributed by atoms with Crippen LogP contribution >= 0.6 is 0 Å². The van der Waals surface area contributed by atoms with Crippen molar-refractivity contribution >= 4 is 16.9 Å². The van der Waals surface area contributed by atoms with E-state index in [1.807, 2.05) is 104 Å². The van der Waals surface area contributed by atoms with Crippen molar-refractivity contribution < 1.29 is 4.79 Å². The molecule has 0 N–H and O–H groups in total. The summed E-state index contributed by atoms with van der Waals surface area (Å²) in [6.45, 7) is 2.68. The van der Waals surface area contributed by atoms with Crippen molar-refractivity contribution in [2.75, 3.05) is 7.05 Å². The molecular formula is C28H25N5O. The van der Waals surface area contributed by atoms with Crippen molar-refractivity contribution in [2.45, 2.75) is 19.5 Å². The second-order valence-corrected chi connectivity index (χ2v) is 8.10. The maximum Gasteiger partial charge on any atom is 0.255 e. The van der Waals surface area contributed by atoms with Gasteiger partial charge in [-0.3, -0.25) is 9.78 Å². The normalized spacial score (nSPS) is 11.9. The Hall–Kier alpha value is -4.32. The first-order valence-electron chi connectivity index (χ1n) is 11.3. The third kappa shape index (κ3) is 3.94. The monoisotopic (exact) mass is 447 g/mol. The first kappa shape index (κ1) is 21.5. The molecule has 5 rings (SSSR count). The molecule has 0 saturated heterocycles. The fourth-order valence-electron chi connectivity index (χ4n) is 4.29.